The van der Waals surface area contributed by atoms with E-state index in [1.54, 1.807) is 25.3 Å². The summed E-state index contributed by atoms with van der Waals surface area (Å²) in [6, 6.07) is 4.87. The molecule has 1 aromatic rings. The van der Waals surface area contributed by atoms with Gasteiger partial charge < -0.3 is 25.2 Å². The van der Waals surface area contributed by atoms with E-state index in [1.807, 2.05) is 6.92 Å². The molecule has 1 amide bonds. The van der Waals surface area contributed by atoms with Crippen molar-refractivity contribution in [3.8, 4) is 11.5 Å². The van der Waals surface area contributed by atoms with Crippen LogP contribution in [-0.2, 0) is 4.79 Å². The number of nitrogens with one attached hydrogen (secondary N) is 2. The highest BCUT2D eigenvalue weighted by Crippen LogP contribution is 2.30. The van der Waals surface area contributed by atoms with Gasteiger partial charge in [0.1, 0.15) is 0 Å². The second-order valence-corrected chi connectivity index (χ2v) is 4.64. The van der Waals surface area contributed by atoms with Crippen LogP contribution in [0.3, 0.4) is 0 Å². The zero-order valence-corrected chi connectivity index (χ0v) is 11.7. The van der Waals surface area contributed by atoms with Crippen molar-refractivity contribution in [1.29, 1.82) is 0 Å². The van der Waals surface area contributed by atoms with E-state index >= 15 is 0 Å². The van der Waals surface area contributed by atoms with E-state index in [1.165, 1.54) is 0 Å². The van der Waals surface area contributed by atoms with Gasteiger partial charge in [0.05, 0.1) is 25.9 Å². The first-order chi connectivity index (χ1) is 9.63. The third-order valence-electron chi connectivity index (χ3n) is 3.16. The molecule has 6 nitrogen and oxygen atoms in total. The summed E-state index contributed by atoms with van der Waals surface area (Å²) in [7, 11) is 1.57. The molecule has 3 N–H and O–H groups in total. The molecule has 0 aliphatic carbocycles. The van der Waals surface area contributed by atoms with Crippen LogP contribution in [0.25, 0.3) is 0 Å². The van der Waals surface area contributed by atoms with Gasteiger partial charge in [0.25, 0.3) is 0 Å². The first-order valence-electron chi connectivity index (χ1n) is 6.67. The number of aliphatic hydroxyl groups excluding tert-OH is 1. The summed E-state index contributed by atoms with van der Waals surface area (Å²) in [6.45, 7) is 2.85. The maximum atomic E-state index is 12.0. The van der Waals surface area contributed by atoms with Gasteiger partial charge >= 0.3 is 0 Å². The van der Waals surface area contributed by atoms with Gasteiger partial charge in [-0.15, -0.1) is 0 Å². The van der Waals surface area contributed by atoms with Crippen molar-refractivity contribution in [3.05, 3.63) is 18.2 Å². The fraction of sp³-hybridized carbons (Fsp3) is 0.500. The smallest absolute Gasteiger partial charge is 0.241 e. The lowest BCUT2D eigenvalue weighted by atomic mass is 10.2. The van der Waals surface area contributed by atoms with E-state index in [4.69, 9.17) is 9.47 Å². The van der Waals surface area contributed by atoms with E-state index in [0.29, 0.717) is 36.8 Å². The number of β-amino-alcohol motifs (C(OH)–C–C–N with tert-alkyl or cyclic N) is 1. The van der Waals surface area contributed by atoms with Crippen LogP contribution < -0.4 is 20.1 Å². The molecule has 2 atom stereocenters. The van der Waals surface area contributed by atoms with Crippen molar-refractivity contribution in [3.63, 3.8) is 0 Å². The minimum atomic E-state index is -0.458. The predicted octanol–water partition coefficient (Wildman–Crippen LogP) is 0.755. The third kappa shape index (κ3) is 3.40. The lowest BCUT2D eigenvalue weighted by molar-refractivity contribution is -0.117. The molecule has 1 aromatic carbocycles. The van der Waals surface area contributed by atoms with Crippen molar-refractivity contribution in [2.75, 3.05) is 25.6 Å². The Kier molecular flexibility index (Phi) is 4.81. The molecule has 0 bridgehead atoms. The number of carbonyl (C=O) groups is 1. The average Bonchev–Trinajstić information content (AvgIpc) is 2.86. The monoisotopic (exact) mass is 280 g/mol. The Morgan fingerprint density at radius 1 is 1.50 bits per heavy atom. The van der Waals surface area contributed by atoms with Crippen LogP contribution in [0.5, 0.6) is 11.5 Å². The largest absolute Gasteiger partial charge is 0.493 e. The highest BCUT2D eigenvalue weighted by Gasteiger charge is 2.28. The number of rotatable bonds is 5. The molecule has 1 aliphatic rings. The van der Waals surface area contributed by atoms with Gasteiger partial charge in [-0.25, -0.2) is 0 Å². The van der Waals surface area contributed by atoms with Crippen LogP contribution in [0.2, 0.25) is 0 Å². The van der Waals surface area contributed by atoms with E-state index in [2.05, 4.69) is 10.6 Å². The molecule has 6 heteroatoms. The molecule has 2 rings (SSSR count). The Bertz CT molecular complexity index is 478. The summed E-state index contributed by atoms with van der Waals surface area (Å²) in [6.07, 6.45) is -0.0269. The first-order valence-corrected chi connectivity index (χ1v) is 6.67. The van der Waals surface area contributed by atoms with E-state index < -0.39 is 6.10 Å². The topological polar surface area (TPSA) is 79.8 Å². The number of hydrogen-bond acceptors (Lipinski definition) is 5. The molecule has 110 valence electrons. The number of amides is 1. The zero-order chi connectivity index (χ0) is 14.5. The van der Waals surface area contributed by atoms with Gasteiger partial charge in [-0.3, -0.25) is 4.79 Å². The van der Waals surface area contributed by atoms with Crippen molar-refractivity contribution >= 4 is 11.6 Å². The average molecular weight is 280 g/mol. The molecule has 1 fully saturated rings. The molecule has 2 unspecified atom stereocenters. The summed E-state index contributed by atoms with van der Waals surface area (Å²) in [5, 5.41) is 15.2. The molecular weight excluding hydrogens is 260 g/mol. The predicted molar refractivity (Wildman–Crippen MR) is 75.2 cm³/mol. The summed E-state index contributed by atoms with van der Waals surface area (Å²) in [5.41, 5.74) is 0.641. The highest BCUT2D eigenvalue weighted by molar-refractivity contribution is 5.95. The number of hydrogen-bond donors (Lipinski definition) is 3. The quantitative estimate of drug-likeness (QED) is 0.742. The van der Waals surface area contributed by atoms with Crippen LogP contribution in [-0.4, -0.2) is 43.4 Å². The van der Waals surface area contributed by atoms with Crippen LogP contribution in [0.4, 0.5) is 5.69 Å². The molecule has 0 radical (unpaired) electrons. The molecule has 0 saturated carbocycles. The Balaban J connectivity index is 2.05. The van der Waals surface area contributed by atoms with Crippen molar-refractivity contribution in [1.82, 2.24) is 5.32 Å². The number of anilines is 1. The summed E-state index contributed by atoms with van der Waals surface area (Å²) >= 11 is 0. The second-order valence-electron chi connectivity index (χ2n) is 4.64. The van der Waals surface area contributed by atoms with Gasteiger partial charge in [-0.1, -0.05) is 0 Å². The van der Waals surface area contributed by atoms with Gasteiger partial charge in [0.2, 0.25) is 5.91 Å². The van der Waals surface area contributed by atoms with Crippen molar-refractivity contribution in [2.24, 2.45) is 0 Å². The molecule has 1 aliphatic heterocycles. The minimum absolute atomic E-state index is 0.158. The Morgan fingerprint density at radius 3 is 2.90 bits per heavy atom. The SMILES string of the molecule is CCOc1cc(NC(=O)C2CC(O)CN2)ccc1OC. The summed E-state index contributed by atoms with van der Waals surface area (Å²) in [4.78, 5) is 12.0. The fourth-order valence-electron chi connectivity index (χ4n) is 2.17. The normalized spacial score (nSPS) is 21.6. The number of benzene rings is 1. The lowest BCUT2D eigenvalue weighted by Gasteiger charge is -2.14. The third-order valence-corrected chi connectivity index (χ3v) is 3.16. The maximum absolute atomic E-state index is 12.0. The van der Waals surface area contributed by atoms with Gasteiger partial charge in [-0.2, -0.15) is 0 Å². The standard InChI is InChI=1S/C14H20N2O4/c1-3-20-13-6-9(4-5-12(13)19-2)16-14(18)11-7-10(17)8-15-11/h4-6,10-11,15,17H,3,7-8H2,1-2H3,(H,16,18). The summed E-state index contributed by atoms with van der Waals surface area (Å²) in [5.74, 6) is 1.06. The molecule has 0 aromatic heterocycles. The first kappa shape index (κ1) is 14.6. The Morgan fingerprint density at radius 2 is 2.30 bits per heavy atom. The highest BCUT2D eigenvalue weighted by atomic mass is 16.5. The molecule has 20 heavy (non-hydrogen) atoms. The van der Waals surface area contributed by atoms with Crippen LogP contribution in [0, 0.1) is 0 Å². The van der Waals surface area contributed by atoms with Crippen LogP contribution in [0.15, 0.2) is 18.2 Å². The second kappa shape index (κ2) is 6.58. The van der Waals surface area contributed by atoms with Gasteiger partial charge in [0.15, 0.2) is 11.5 Å². The Labute approximate surface area is 118 Å². The van der Waals surface area contributed by atoms with Gasteiger partial charge in [-0.05, 0) is 25.5 Å². The van der Waals surface area contributed by atoms with Gasteiger partial charge in [0, 0.05) is 18.3 Å². The fourth-order valence-corrected chi connectivity index (χ4v) is 2.17. The zero-order valence-electron chi connectivity index (χ0n) is 11.7. The number of methoxy groups -OCH3 is 1. The molecule has 1 saturated heterocycles. The van der Waals surface area contributed by atoms with E-state index in [0.717, 1.165) is 0 Å². The molecular formula is C14H20N2O4. The van der Waals surface area contributed by atoms with Crippen molar-refractivity contribution < 1.29 is 19.4 Å². The minimum Gasteiger partial charge on any atom is -0.493 e. The van der Waals surface area contributed by atoms with Crippen LogP contribution >= 0.6 is 0 Å². The van der Waals surface area contributed by atoms with Crippen molar-refractivity contribution in [2.45, 2.75) is 25.5 Å². The van der Waals surface area contributed by atoms with Crippen LogP contribution in [0.1, 0.15) is 13.3 Å². The number of carbonyl (C=O) groups excluding carboxylic acids is 1. The number of ether oxygens (including phenoxy) is 2. The van der Waals surface area contributed by atoms with E-state index in [-0.39, 0.29) is 11.9 Å². The number of aliphatic hydroxyl groups is 1. The lowest BCUT2D eigenvalue weighted by Crippen LogP contribution is -2.35. The Hall–Kier alpha value is -1.79. The van der Waals surface area contributed by atoms with E-state index in [9.17, 15) is 9.90 Å². The molecule has 1 heterocycles. The molecule has 0 spiro atoms. The summed E-state index contributed by atoms with van der Waals surface area (Å²) < 4.78 is 10.6. The maximum Gasteiger partial charge on any atom is 0.241 e.